The standard InChI is InChI=1S/C16H22N2O3/c1-16(2,3)15(20)18-8-6-11-4-5-13(14(19)17-21)10-12(11)7-9-18/h4-5,10,21H,6-9H2,1-3H3,(H,17,19). The smallest absolute Gasteiger partial charge is 0.274 e. The number of nitrogens with zero attached hydrogens (tertiary/aromatic N) is 1. The fraction of sp³-hybridized carbons (Fsp3) is 0.500. The molecule has 1 aromatic rings. The molecule has 2 rings (SSSR count). The molecule has 5 heteroatoms. The number of nitrogens with one attached hydrogen (secondary N) is 1. The first-order valence-electron chi connectivity index (χ1n) is 7.18. The SMILES string of the molecule is CC(C)(C)C(=O)N1CCc2ccc(C(=O)NO)cc2CC1. The Hall–Kier alpha value is -1.88. The average Bonchev–Trinajstić information content (AvgIpc) is 2.66. The molecule has 0 unspecified atom stereocenters. The van der Waals surface area contributed by atoms with Crippen LogP contribution in [0.25, 0.3) is 0 Å². The van der Waals surface area contributed by atoms with Gasteiger partial charge in [-0.25, -0.2) is 5.48 Å². The van der Waals surface area contributed by atoms with Crippen LogP contribution in [0.1, 0.15) is 42.3 Å². The van der Waals surface area contributed by atoms with E-state index in [9.17, 15) is 9.59 Å². The number of hydrogen-bond acceptors (Lipinski definition) is 3. The fourth-order valence-electron chi connectivity index (χ4n) is 2.61. The minimum absolute atomic E-state index is 0.156. The van der Waals surface area contributed by atoms with Crippen LogP contribution < -0.4 is 5.48 Å². The Kier molecular flexibility index (Phi) is 4.32. The molecule has 0 fully saturated rings. The minimum atomic E-state index is -0.510. The van der Waals surface area contributed by atoms with E-state index in [0.717, 1.165) is 24.0 Å². The number of rotatable bonds is 1. The molecule has 0 saturated carbocycles. The topological polar surface area (TPSA) is 69.6 Å². The zero-order valence-electron chi connectivity index (χ0n) is 12.8. The molecular weight excluding hydrogens is 268 g/mol. The van der Waals surface area contributed by atoms with Crippen LogP contribution in [0, 0.1) is 5.41 Å². The highest BCUT2D eigenvalue weighted by Crippen LogP contribution is 2.22. The molecule has 1 heterocycles. The summed E-state index contributed by atoms with van der Waals surface area (Å²) in [5.74, 6) is -0.353. The van der Waals surface area contributed by atoms with E-state index in [4.69, 9.17) is 5.21 Å². The van der Waals surface area contributed by atoms with Crippen LogP contribution >= 0.6 is 0 Å². The summed E-state index contributed by atoms with van der Waals surface area (Å²) in [7, 11) is 0. The van der Waals surface area contributed by atoms with Gasteiger partial charge in [0, 0.05) is 24.1 Å². The summed E-state index contributed by atoms with van der Waals surface area (Å²) < 4.78 is 0. The Bertz CT molecular complexity index is 561. The first kappa shape index (κ1) is 15.5. The minimum Gasteiger partial charge on any atom is -0.342 e. The first-order chi connectivity index (χ1) is 9.82. The van der Waals surface area contributed by atoms with Crippen LogP contribution in [0.5, 0.6) is 0 Å². The lowest BCUT2D eigenvalue weighted by atomic mass is 9.94. The molecule has 1 aliphatic heterocycles. The predicted octanol–water partition coefficient (Wildman–Crippen LogP) is 1.78. The van der Waals surface area contributed by atoms with E-state index >= 15 is 0 Å². The molecule has 2 amide bonds. The van der Waals surface area contributed by atoms with E-state index in [1.807, 2.05) is 31.7 Å². The number of carbonyl (C=O) groups excluding carboxylic acids is 2. The van der Waals surface area contributed by atoms with Gasteiger partial charge in [0.05, 0.1) is 0 Å². The van der Waals surface area contributed by atoms with Crippen molar-refractivity contribution in [2.75, 3.05) is 13.1 Å². The molecule has 5 nitrogen and oxygen atoms in total. The molecule has 0 atom stereocenters. The maximum Gasteiger partial charge on any atom is 0.274 e. The highest BCUT2D eigenvalue weighted by Gasteiger charge is 2.28. The van der Waals surface area contributed by atoms with E-state index < -0.39 is 5.91 Å². The summed E-state index contributed by atoms with van der Waals surface area (Å²) in [6.07, 6.45) is 1.52. The lowest BCUT2D eigenvalue weighted by molar-refractivity contribution is -0.139. The molecule has 0 aliphatic carbocycles. The van der Waals surface area contributed by atoms with Crippen LogP contribution in [0.2, 0.25) is 0 Å². The summed E-state index contributed by atoms with van der Waals surface area (Å²) in [6, 6.07) is 5.41. The van der Waals surface area contributed by atoms with Gasteiger partial charge in [0.25, 0.3) is 5.91 Å². The van der Waals surface area contributed by atoms with Crippen molar-refractivity contribution < 1.29 is 14.8 Å². The van der Waals surface area contributed by atoms with Crippen LogP contribution in [0.4, 0.5) is 0 Å². The number of benzene rings is 1. The molecular formula is C16H22N2O3. The van der Waals surface area contributed by atoms with Gasteiger partial charge in [0.1, 0.15) is 0 Å². The normalized spacial score (nSPS) is 15.1. The predicted molar refractivity (Wildman–Crippen MR) is 79.1 cm³/mol. The van der Waals surface area contributed by atoms with Crippen LogP contribution in [-0.2, 0) is 17.6 Å². The van der Waals surface area contributed by atoms with E-state index in [1.54, 1.807) is 17.6 Å². The van der Waals surface area contributed by atoms with Crippen LogP contribution in [-0.4, -0.2) is 35.0 Å². The van der Waals surface area contributed by atoms with Crippen molar-refractivity contribution in [2.45, 2.75) is 33.6 Å². The molecule has 2 N–H and O–H groups in total. The van der Waals surface area contributed by atoms with Crippen molar-refractivity contribution in [3.05, 3.63) is 34.9 Å². The highest BCUT2D eigenvalue weighted by molar-refractivity contribution is 5.93. The van der Waals surface area contributed by atoms with Crippen molar-refractivity contribution in [3.63, 3.8) is 0 Å². The highest BCUT2D eigenvalue weighted by atomic mass is 16.5. The number of fused-ring (bicyclic) bond motifs is 1. The molecule has 1 aliphatic rings. The molecule has 114 valence electrons. The van der Waals surface area contributed by atoms with E-state index in [1.165, 1.54) is 0 Å². The Morgan fingerprint density at radius 1 is 1.14 bits per heavy atom. The molecule has 0 radical (unpaired) electrons. The van der Waals surface area contributed by atoms with E-state index in [-0.39, 0.29) is 11.3 Å². The maximum atomic E-state index is 12.4. The number of carbonyl (C=O) groups is 2. The van der Waals surface area contributed by atoms with Crippen molar-refractivity contribution >= 4 is 11.8 Å². The molecule has 0 bridgehead atoms. The lowest BCUT2D eigenvalue weighted by Gasteiger charge is -2.28. The third-order valence-corrected chi connectivity index (χ3v) is 3.80. The van der Waals surface area contributed by atoms with Gasteiger partial charge in [-0.1, -0.05) is 26.8 Å². The second kappa shape index (κ2) is 5.85. The monoisotopic (exact) mass is 290 g/mol. The molecule has 21 heavy (non-hydrogen) atoms. The number of hydroxylamine groups is 1. The van der Waals surface area contributed by atoms with Crippen molar-refractivity contribution in [1.29, 1.82) is 0 Å². The lowest BCUT2D eigenvalue weighted by Crippen LogP contribution is -2.40. The van der Waals surface area contributed by atoms with E-state index in [0.29, 0.717) is 18.7 Å². The summed E-state index contributed by atoms with van der Waals surface area (Å²) in [6.45, 7) is 7.15. The Balaban J connectivity index is 2.18. The molecule has 0 spiro atoms. The number of hydrogen-bond donors (Lipinski definition) is 2. The van der Waals surface area contributed by atoms with Gasteiger partial charge in [-0.05, 0) is 36.1 Å². The zero-order chi connectivity index (χ0) is 15.6. The van der Waals surface area contributed by atoms with Crippen LogP contribution in [0.15, 0.2) is 18.2 Å². The van der Waals surface area contributed by atoms with Gasteiger partial charge in [-0.2, -0.15) is 0 Å². The third kappa shape index (κ3) is 3.42. The Morgan fingerprint density at radius 2 is 1.76 bits per heavy atom. The number of amides is 2. The largest absolute Gasteiger partial charge is 0.342 e. The summed E-state index contributed by atoms with van der Waals surface area (Å²) in [4.78, 5) is 25.7. The second-order valence-corrected chi connectivity index (χ2v) is 6.47. The first-order valence-corrected chi connectivity index (χ1v) is 7.18. The Morgan fingerprint density at radius 3 is 2.33 bits per heavy atom. The summed E-state index contributed by atoms with van der Waals surface area (Å²) in [5.41, 5.74) is 3.94. The van der Waals surface area contributed by atoms with Crippen LogP contribution in [0.3, 0.4) is 0 Å². The molecule has 1 aromatic carbocycles. The quantitative estimate of drug-likeness (QED) is 0.612. The van der Waals surface area contributed by atoms with Crippen molar-refractivity contribution in [3.8, 4) is 0 Å². The van der Waals surface area contributed by atoms with Crippen molar-refractivity contribution in [1.82, 2.24) is 10.4 Å². The fourth-order valence-corrected chi connectivity index (χ4v) is 2.61. The average molecular weight is 290 g/mol. The molecule has 0 saturated heterocycles. The van der Waals surface area contributed by atoms with Gasteiger partial charge in [0.15, 0.2) is 0 Å². The second-order valence-electron chi connectivity index (χ2n) is 6.47. The zero-order valence-corrected chi connectivity index (χ0v) is 12.8. The van der Waals surface area contributed by atoms with Gasteiger partial charge in [0.2, 0.25) is 5.91 Å². The summed E-state index contributed by atoms with van der Waals surface area (Å²) >= 11 is 0. The maximum absolute atomic E-state index is 12.4. The van der Waals surface area contributed by atoms with Crippen molar-refractivity contribution in [2.24, 2.45) is 5.41 Å². The Labute approximate surface area is 124 Å². The van der Waals surface area contributed by atoms with Gasteiger partial charge in [-0.15, -0.1) is 0 Å². The summed E-state index contributed by atoms with van der Waals surface area (Å²) in [5, 5.41) is 8.70. The molecule has 0 aromatic heterocycles. The van der Waals surface area contributed by atoms with Gasteiger partial charge in [-0.3, -0.25) is 14.8 Å². The van der Waals surface area contributed by atoms with E-state index in [2.05, 4.69) is 0 Å². The van der Waals surface area contributed by atoms with Gasteiger partial charge >= 0.3 is 0 Å². The van der Waals surface area contributed by atoms with Gasteiger partial charge < -0.3 is 4.90 Å². The third-order valence-electron chi connectivity index (χ3n) is 3.80.